The molecule has 0 bridgehead atoms. The molecule has 0 radical (unpaired) electrons. The van der Waals surface area contributed by atoms with E-state index in [4.69, 9.17) is 9.26 Å². The minimum atomic E-state index is -4.44. The normalized spacial score (nSPS) is 17.0. The number of benzene rings is 2. The Hall–Kier alpha value is -4.35. The van der Waals surface area contributed by atoms with E-state index >= 15 is 0 Å². The molecule has 0 unspecified atom stereocenters. The van der Waals surface area contributed by atoms with E-state index in [2.05, 4.69) is 51.3 Å². The van der Waals surface area contributed by atoms with Crippen LogP contribution in [0.5, 0.6) is 5.75 Å². The monoisotopic (exact) mass is 658 g/mol. The van der Waals surface area contributed by atoms with Crippen molar-refractivity contribution >= 4 is 38.1 Å². The number of alkyl halides is 3. The van der Waals surface area contributed by atoms with Gasteiger partial charge >= 0.3 is 6.18 Å². The van der Waals surface area contributed by atoms with Gasteiger partial charge in [0.2, 0.25) is 0 Å². The zero-order valence-electron chi connectivity index (χ0n) is 26.0. The number of rotatable bonds is 10. The summed E-state index contributed by atoms with van der Waals surface area (Å²) >= 11 is 0. The second-order valence-corrected chi connectivity index (χ2v) is 13.2. The third-order valence-corrected chi connectivity index (χ3v) is 9.36. The number of methoxy groups -OCH3 is 1. The molecular weight excluding hydrogens is 621 g/mol. The minimum absolute atomic E-state index is 0.0481. The molecule has 2 heterocycles. The van der Waals surface area contributed by atoms with E-state index in [0.29, 0.717) is 28.4 Å². The maximum absolute atomic E-state index is 13.7. The highest BCUT2D eigenvalue weighted by Crippen LogP contribution is 2.33. The summed E-state index contributed by atoms with van der Waals surface area (Å²) in [6, 6.07) is 13.5. The predicted molar refractivity (Wildman–Crippen MR) is 172 cm³/mol. The number of hydrogen-bond donors (Lipinski definition) is 3. The molecule has 2 aromatic heterocycles. The molecule has 246 valence electrons. The number of fused-ring (bicyclic) bond motifs is 1. The van der Waals surface area contributed by atoms with Crippen LogP contribution in [0.3, 0.4) is 0 Å². The highest BCUT2D eigenvalue weighted by atomic mass is 32.2. The van der Waals surface area contributed by atoms with Crippen LogP contribution >= 0.6 is 0 Å². The van der Waals surface area contributed by atoms with Crippen LogP contribution in [-0.4, -0.2) is 69.1 Å². The van der Waals surface area contributed by atoms with E-state index in [1.54, 1.807) is 25.1 Å². The van der Waals surface area contributed by atoms with Crippen molar-refractivity contribution in [3.8, 4) is 17.6 Å². The smallest absolute Gasteiger partial charge is 0.406 e. The molecule has 0 saturated heterocycles. The number of hydrogen-bond acceptors (Lipinski definition) is 8. The van der Waals surface area contributed by atoms with Gasteiger partial charge in [-0.2, -0.15) is 13.2 Å². The number of nitrogens with one attached hydrogen (secondary N) is 3. The quantitative estimate of drug-likeness (QED) is 0.176. The number of aryl methyl sites for hydroxylation is 1. The first-order chi connectivity index (χ1) is 21.8. The molecule has 1 aliphatic rings. The number of sulfonamides is 1. The van der Waals surface area contributed by atoms with E-state index in [-0.39, 0.29) is 34.7 Å². The first kappa shape index (κ1) is 33.0. The number of anilines is 3. The number of ether oxygens (including phenoxy) is 1. The van der Waals surface area contributed by atoms with E-state index in [0.717, 1.165) is 31.4 Å². The van der Waals surface area contributed by atoms with Gasteiger partial charge in [-0.3, -0.25) is 4.72 Å². The zero-order chi connectivity index (χ0) is 33.1. The van der Waals surface area contributed by atoms with Crippen LogP contribution in [0, 0.1) is 18.8 Å². The molecular formula is C32H37F3N6O4S. The molecule has 1 saturated carbocycles. The Balaban J connectivity index is 1.33. The summed E-state index contributed by atoms with van der Waals surface area (Å²) in [4.78, 5) is 2.18. The molecule has 14 heteroatoms. The average Bonchev–Trinajstić information content (AvgIpc) is 3.57. The summed E-state index contributed by atoms with van der Waals surface area (Å²) < 4.78 is 80.4. The molecule has 2 aromatic carbocycles. The van der Waals surface area contributed by atoms with Crippen molar-refractivity contribution in [1.29, 1.82) is 0 Å². The Labute approximate surface area is 266 Å². The summed E-state index contributed by atoms with van der Waals surface area (Å²) in [6.07, 6.45) is -0.361. The van der Waals surface area contributed by atoms with Crippen LogP contribution < -0.4 is 20.1 Å². The first-order valence-electron chi connectivity index (χ1n) is 14.8. The van der Waals surface area contributed by atoms with Crippen LogP contribution in [0.1, 0.15) is 37.1 Å². The van der Waals surface area contributed by atoms with Crippen molar-refractivity contribution in [3.05, 3.63) is 60.0 Å². The van der Waals surface area contributed by atoms with Gasteiger partial charge in [0.1, 0.15) is 18.1 Å². The lowest BCUT2D eigenvalue weighted by Gasteiger charge is -2.33. The van der Waals surface area contributed by atoms with Crippen LogP contribution in [0.25, 0.3) is 10.9 Å². The first-order valence-corrected chi connectivity index (χ1v) is 16.3. The molecule has 3 N–H and O–H groups in total. The molecule has 0 amide bonds. The Kier molecular flexibility index (Phi) is 9.74. The summed E-state index contributed by atoms with van der Waals surface area (Å²) in [5.41, 5.74) is 1.94. The highest BCUT2D eigenvalue weighted by molar-refractivity contribution is 7.92. The molecule has 46 heavy (non-hydrogen) atoms. The fourth-order valence-electron chi connectivity index (χ4n) is 5.69. The van der Waals surface area contributed by atoms with Gasteiger partial charge in [0.05, 0.1) is 35.4 Å². The van der Waals surface area contributed by atoms with Crippen LogP contribution in [0.4, 0.5) is 30.4 Å². The second-order valence-electron chi connectivity index (χ2n) is 11.5. The third kappa shape index (κ3) is 7.89. The number of nitrogens with zero attached hydrogens (tertiary/aromatic N) is 3. The van der Waals surface area contributed by atoms with Crippen molar-refractivity contribution < 1.29 is 30.8 Å². The number of aromatic nitrogens is 2. The maximum atomic E-state index is 13.7. The lowest BCUT2D eigenvalue weighted by atomic mass is 9.90. The summed E-state index contributed by atoms with van der Waals surface area (Å²) in [5, 5.41) is 11.0. The minimum Gasteiger partial charge on any atom is -0.495 e. The average molecular weight is 659 g/mol. The molecule has 0 spiro atoms. The number of halogens is 3. The van der Waals surface area contributed by atoms with Crippen molar-refractivity contribution in [3.63, 3.8) is 0 Å². The van der Waals surface area contributed by atoms with E-state index in [1.807, 2.05) is 6.07 Å². The van der Waals surface area contributed by atoms with Gasteiger partial charge in [-0.15, -0.1) is 0 Å². The third-order valence-electron chi connectivity index (χ3n) is 8.00. The van der Waals surface area contributed by atoms with E-state index < -0.39 is 22.7 Å². The van der Waals surface area contributed by atoms with Crippen LogP contribution in [0.2, 0.25) is 0 Å². The highest BCUT2D eigenvalue weighted by Gasteiger charge is 2.30. The second kappa shape index (κ2) is 13.6. The molecule has 1 aliphatic carbocycles. The molecule has 0 atom stereocenters. The summed E-state index contributed by atoms with van der Waals surface area (Å²) in [6.45, 7) is 0.532. The van der Waals surface area contributed by atoms with Crippen LogP contribution in [0.15, 0.2) is 57.9 Å². The fourth-order valence-corrected chi connectivity index (χ4v) is 6.69. The lowest BCUT2D eigenvalue weighted by molar-refractivity contribution is -0.140. The zero-order valence-corrected chi connectivity index (χ0v) is 26.8. The molecule has 10 nitrogen and oxygen atoms in total. The van der Waals surface area contributed by atoms with Crippen molar-refractivity contribution in [2.45, 2.75) is 62.3 Å². The molecule has 4 aromatic rings. The van der Waals surface area contributed by atoms with Crippen molar-refractivity contribution in [2.24, 2.45) is 0 Å². The van der Waals surface area contributed by atoms with E-state index in [1.165, 1.54) is 35.9 Å². The van der Waals surface area contributed by atoms with Crippen LogP contribution in [-0.2, 0) is 16.6 Å². The largest absolute Gasteiger partial charge is 0.495 e. The Morgan fingerprint density at radius 2 is 1.85 bits per heavy atom. The topological polar surface area (TPSA) is 114 Å². The Bertz CT molecular complexity index is 1850. The van der Waals surface area contributed by atoms with Gasteiger partial charge in [0, 0.05) is 35.3 Å². The van der Waals surface area contributed by atoms with Crippen molar-refractivity contribution in [2.75, 3.05) is 43.1 Å². The molecule has 5 rings (SSSR count). The van der Waals surface area contributed by atoms with Gasteiger partial charge in [-0.25, -0.2) is 8.42 Å². The Morgan fingerprint density at radius 3 is 2.50 bits per heavy atom. The molecule has 0 aliphatic heterocycles. The molecule has 1 fully saturated rings. The lowest BCUT2D eigenvalue weighted by Crippen LogP contribution is -2.36. The van der Waals surface area contributed by atoms with Gasteiger partial charge in [-0.1, -0.05) is 17.1 Å². The van der Waals surface area contributed by atoms with E-state index in [9.17, 15) is 21.6 Å². The van der Waals surface area contributed by atoms with Gasteiger partial charge < -0.3 is 29.4 Å². The SMILES string of the molecule is COc1cc(S(=O)(=O)Nc2cc(C)on2)ccc1NCC#Cc1cc2c(N[C@H]3CC[C@@H](N(C)C)CC3)cccc2n1CC(F)(F)F. The van der Waals surface area contributed by atoms with Crippen molar-refractivity contribution in [1.82, 2.24) is 14.6 Å². The Morgan fingerprint density at radius 1 is 1.09 bits per heavy atom. The van der Waals surface area contributed by atoms with Gasteiger partial charge in [-0.05, 0) is 83.0 Å². The maximum Gasteiger partial charge on any atom is 0.406 e. The van der Waals surface area contributed by atoms with Gasteiger partial charge in [0.25, 0.3) is 10.0 Å². The summed E-state index contributed by atoms with van der Waals surface area (Å²) in [7, 11) is 1.59. The summed E-state index contributed by atoms with van der Waals surface area (Å²) in [5.74, 6) is 6.54. The predicted octanol–water partition coefficient (Wildman–Crippen LogP) is 6.06. The van der Waals surface area contributed by atoms with Gasteiger partial charge in [0.15, 0.2) is 5.82 Å². The fraction of sp³-hybridized carbons (Fsp3) is 0.406. The standard InChI is InChI=1S/C32H37F3N6O4S/c1-21-17-31(38-45-21)39-46(42,43)25-14-15-28(30(19-25)44-4)36-16-6-7-24-18-26-27(37-22-10-12-23(13-11-22)40(2)3)8-5-9-29(26)41(24)20-32(33,34)35/h5,8-9,14-15,17-19,22-23,36-37H,10-13,16,20H2,1-4H3,(H,38,39)/t22-,23+.